The van der Waals surface area contributed by atoms with Gasteiger partial charge in [-0.05, 0) is 78.6 Å². The van der Waals surface area contributed by atoms with Crippen molar-refractivity contribution < 1.29 is 9.53 Å². The third-order valence-corrected chi connectivity index (χ3v) is 5.24. The molecular weight excluding hydrogens is 336 g/mol. The minimum absolute atomic E-state index is 0.0928. The fourth-order valence-electron chi connectivity index (χ4n) is 3.65. The number of hydrogen-bond acceptors (Lipinski definition) is 3. The van der Waals surface area contributed by atoms with Crippen LogP contribution >= 0.6 is 0 Å². The van der Waals surface area contributed by atoms with Crippen LogP contribution < -0.4 is 15.0 Å². The summed E-state index contributed by atoms with van der Waals surface area (Å²) < 4.78 is 5.26. The Kier molecular flexibility index (Phi) is 4.71. The number of nitrogens with one attached hydrogen (secondary N) is 1. The Labute approximate surface area is 159 Å². The number of rotatable bonds is 4. The fourth-order valence-corrected chi connectivity index (χ4v) is 3.65. The van der Waals surface area contributed by atoms with E-state index in [0.29, 0.717) is 5.56 Å². The normalized spacial score (nSPS) is 13.8. The SMILES string of the molecule is COc1ccc2cc(C(=O)Nc3ccc(N4CCCC4)cc3C)ccc2c1. The first-order chi connectivity index (χ1) is 13.1. The van der Waals surface area contributed by atoms with Crippen LogP contribution in [0.2, 0.25) is 0 Å². The van der Waals surface area contributed by atoms with Gasteiger partial charge in [0.1, 0.15) is 5.75 Å². The maximum absolute atomic E-state index is 12.7. The van der Waals surface area contributed by atoms with Gasteiger partial charge in [-0.25, -0.2) is 0 Å². The third-order valence-electron chi connectivity index (χ3n) is 5.24. The van der Waals surface area contributed by atoms with E-state index in [1.54, 1.807) is 7.11 Å². The van der Waals surface area contributed by atoms with Gasteiger partial charge >= 0.3 is 0 Å². The Morgan fingerprint density at radius 3 is 2.44 bits per heavy atom. The van der Waals surface area contributed by atoms with Gasteiger partial charge in [0, 0.05) is 30.0 Å². The molecule has 4 heteroatoms. The van der Waals surface area contributed by atoms with E-state index < -0.39 is 0 Å². The summed E-state index contributed by atoms with van der Waals surface area (Å²) in [6.45, 7) is 4.28. The van der Waals surface area contributed by atoms with Gasteiger partial charge in [0.15, 0.2) is 0 Å². The van der Waals surface area contributed by atoms with Gasteiger partial charge in [-0.15, -0.1) is 0 Å². The molecule has 0 bridgehead atoms. The van der Waals surface area contributed by atoms with Crippen LogP contribution in [-0.2, 0) is 0 Å². The number of benzene rings is 3. The summed E-state index contributed by atoms with van der Waals surface area (Å²) in [5.41, 5.74) is 3.83. The summed E-state index contributed by atoms with van der Waals surface area (Å²) in [6.07, 6.45) is 2.51. The van der Waals surface area contributed by atoms with Crippen LogP contribution in [0.5, 0.6) is 5.75 Å². The minimum Gasteiger partial charge on any atom is -0.497 e. The van der Waals surface area contributed by atoms with Crippen molar-refractivity contribution in [2.45, 2.75) is 19.8 Å². The number of aryl methyl sites for hydroxylation is 1. The van der Waals surface area contributed by atoms with Crippen molar-refractivity contribution in [3.05, 3.63) is 65.7 Å². The van der Waals surface area contributed by atoms with Gasteiger partial charge in [0.2, 0.25) is 0 Å². The molecule has 0 saturated carbocycles. The highest BCUT2D eigenvalue weighted by Crippen LogP contribution is 2.26. The summed E-state index contributed by atoms with van der Waals surface area (Å²) in [4.78, 5) is 15.1. The lowest BCUT2D eigenvalue weighted by Gasteiger charge is -2.19. The molecule has 0 atom stereocenters. The molecule has 1 heterocycles. The molecule has 1 amide bonds. The second-order valence-electron chi connectivity index (χ2n) is 7.08. The monoisotopic (exact) mass is 360 g/mol. The highest BCUT2D eigenvalue weighted by molar-refractivity contribution is 6.07. The fraction of sp³-hybridized carbons (Fsp3) is 0.261. The van der Waals surface area contributed by atoms with E-state index >= 15 is 0 Å². The number of carbonyl (C=O) groups is 1. The van der Waals surface area contributed by atoms with Gasteiger partial charge in [-0.2, -0.15) is 0 Å². The molecule has 3 aromatic rings. The standard InChI is InChI=1S/C23H24N2O2/c1-16-13-20(25-11-3-4-12-25)8-10-22(16)24-23(26)19-6-5-18-15-21(27-2)9-7-17(18)14-19/h5-10,13-15H,3-4,11-12H2,1-2H3,(H,24,26). The zero-order valence-corrected chi connectivity index (χ0v) is 15.8. The maximum Gasteiger partial charge on any atom is 0.255 e. The summed E-state index contributed by atoms with van der Waals surface area (Å²) in [5, 5.41) is 5.12. The predicted molar refractivity (Wildman–Crippen MR) is 111 cm³/mol. The first-order valence-corrected chi connectivity index (χ1v) is 9.39. The van der Waals surface area contributed by atoms with Crippen molar-refractivity contribution in [1.29, 1.82) is 0 Å². The quantitative estimate of drug-likeness (QED) is 0.711. The van der Waals surface area contributed by atoms with Gasteiger partial charge in [0.25, 0.3) is 5.91 Å². The molecule has 0 aliphatic carbocycles. The second kappa shape index (κ2) is 7.31. The number of hydrogen-bond donors (Lipinski definition) is 1. The number of nitrogens with zero attached hydrogens (tertiary/aromatic N) is 1. The van der Waals surface area contributed by atoms with Crippen LogP contribution in [0.4, 0.5) is 11.4 Å². The molecule has 27 heavy (non-hydrogen) atoms. The molecule has 138 valence electrons. The smallest absolute Gasteiger partial charge is 0.255 e. The van der Waals surface area contributed by atoms with Crippen molar-refractivity contribution >= 4 is 28.1 Å². The predicted octanol–water partition coefficient (Wildman–Crippen LogP) is 5.01. The second-order valence-corrected chi connectivity index (χ2v) is 7.08. The van der Waals surface area contributed by atoms with E-state index in [2.05, 4.69) is 22.3 Å². The highest BCUT2D eigenvalue weighted by atomic mass is 16.5. The average molecular weight is 360 g/mol. The summed E-state index contributed by atoms with van der Waals surface area (Å²) >= 11 is 0. The van der Waals surface area contributed by atoms with Crippen LogP contribution in [0.25, 0.3) is 10.8 Å². The zero-order chi connectivity index (χ0) is 18.8. The number of anilines is 2. The van der Waals surface area contributed by atoms with Crippen LogP contribution in [0.1, 0.15) is 28.8 Å². The minimum atomic E-state index is -0.0928. The summed E-state index contributed by atoms with van der Waals surface area (Å²) in [5.74, 6) is 0.721. The zero-order valence-electron chi connectivity index (χ0n) is 15.8. The summed E-state index contributed by atoms with van der Waals surface area (Å²) in [7, 11) is 1.65. The number of fused-ring (bicyclic) bond motifs is 1. The molecule has 4 rings (SSSR count). The molecular formula is C23H24N2O2. The molecule has 1 aliphatic heterocycles. The Morgan fingerprint density at radius 2 is 1.70 bits per heavy atom. The largest absolute Gasteiger partial charge is 0.497 e. The first-order valence-electron chi connectivity index (χ1n) is 9.39. The van der Waals surface area contributed by atoms with Gasteiger partial charge in [-0.3, -0.25) is 4.79 Å². The van der Waals surface area contributed by atoms with Crippen LogP contribution in [0.3, 0.4) is 0 Å². The lowest BCUT2D eigenvalue weighted by atomic mass is 10.1. The molecule has 0 unspecified atom stereocenters. The molecule has 0 radical (unpaired) electrons. The Bertz CT molecular complexity index is 991. The molecule has 0 aromatic heterocycles. The summed E-state index contributed by atoms with van der Waals surface area (Å²) in [6, 6.07) is 17.8. The van der Waals surface area contributed by atoms with Crippen molar-refractivity contribution in [3.8, 4) is 5.75 Å². The van der Waals surface area contributed by atoms with Crippen molar-refractivity contribution in [1.82, 2.24) is 0 Å². The van der Waals surface area contributed by atoms with Crippen LogP contribution in [0.15, 0.2) is 54.6 Å². The van der Waals surface area contributed by atoms with Gasteiger partial charge in [-0.1, -0.05) is 12.1 Å². The van der Waals surface area contributed by atoms with E-state index in [9.17, 15) is 4.79 Å². The van der Waals surface area contributed by atoms with Crippen LogP contribution in [-0.4, -0.2) is 26.1 Å². The third kappa shape index (κ3) is 3.61. The molecule has 4 nitrogen and oxygen atoms in total. The molecule has 0 spiro atoms. The van der Waals surface area contributed by atoms with Gasteiger partial charge < -0.3 is 15.0 Å². The number of carbonyl (C=O) groups excluding carboxylic acids is 1. The topological polar surface area (TPSA) is 41.6 Å². The number of amides is 1. The van der Waals surface area contributed by atoms with Crippen LogP contribution in [0, 0.1) is 6.92 Å². The Morgan fingerprint density at radius 1 is 0.963 bits per heavy atom. The molecule has 3 aromatic carbocycles. The lowest BCUT2D eigenvalue weighted by molar-refractivity contribution is 0.102. The highest BCUT2D eigenvalue weighted by Gasteiger charge is 2.14. The lowest BCUT2D eigenvalue weighted by Crippen LogP contribution is -2.18. The Hall–Kier alpha value is -3.01. The van der Waals surface area contributed by atoms with E-state index in [-0.39, 0.29) is 5.91 Å². The molecule has 1 aliphatic rings. The molecule has 1 saturated heterocycles. The van der Waals surface area contributed by atoms with E-state index in [1.165, 1.54) is 18.5 Å². The van der Waals surface area contributed by atoms with E-state index in [4.69, 9.17) is 4.74 Å². The molecule has 1 fully saturated rings. The van der Waals surface area contributed by atoms with E-state index in [1.807, 2.05) is 49.4 Å². The first kappa shape index (κ1) is 17.4. The van der Waals surface area contributed by atoms with E-state index in [0.717, 1.165) is 40.9 Å². The number of methoxy groups -OCH3 is 1. The Balaban J connectivity index is 1.54. The average Bonchev–Trinajstić information content (AvgIpc) is 3.23. The molecule has 1 N–H and O–H groups in total. The van der Waals surface area contributed by atoms with Crippen molar-refractivity contribution in [3.63, 3.8) is 0 Å². The van der Waals surface area contributed by atoms with Crippen molar-refractivity contribution in [2.75, 3.05) is 30.4 Å². The van der Waals surface area contributed by atoms with Gasteiger partial charge in [0.05, 0.1) is 7.11 Å². The number of ether oxygens (including phenoxy) is 1. The maximum atomic E-state index is 12.7. The van der Waals surface area contributed by atoms with Crippen molar-refractivity contribution in [2.24, 2.45) is 0 Å².